The molecule has 0 bridgehead atoms. The third-order valence-electron chi connectivity index (χ3n) is 7.02. The van der Waals surface area contributed by atoms with Crippen molar-refractivity contribution in [3.05, 3.63) is 63.7 Å². The number of halogens is 3. The largest absolute Gasteiger partial charge is 0.416 e. The maximum atomic E-state index is 13.0. The van der Waals surface area contributed by atoms with Crippen LogP contribution in [0.4, 0.5) is 18.9 Å². The number of anilines is 1. The van der Waals surface area contributed by atoms with Crippen LogP contribution in [0.3, 0.4) is 0 Å². The first kappa shape index (κ1) is 24.8. The van der Waals surface area contributed by atoms with Crippen molar-refractivity contribution in [1.29, 1.82) is 5.26 Å². The summed E-state index contributed by atoms with van der Waals surface area (Å²) in [7, 11) is 1.67. The summed E-state index contributed by atoms with van der Waals surface area (Å²) in [6.45, 7) is 7.50. The van der Waals surface area contributed by atoms with Gasteiger partial charge in [0.15, 0.2) is 5.65 Å². The van der Waals surface area contributed by atoms with Crippen LogP contribution in [0.5, 0.6) is 0 Å². The van der Waals surface area contributed by atoms with Crippen LogP contribution in [0.1, 0.15) is 50.1 Å². The Morgan fingerprint density at radius 2 is 1.91 bits per heavy atom. The van der Waals surface area contributed by atoms with Gasteiger partial charge in [-0.05, 0) is 38.0 Å². The molecule has 0 spiro atoms. The van der Waals surface area contributed by atoms with Crippen LogP contribution in [0.2, 0.25) is 0 Å². The van der Waals surface area contributed by atoms with Gasteiger partial charge in [-0.25, -0.2) is 14.2 Å². The van der Waals surface area contributed by atoms with Crippen LogP contribution < -0.4 is 10.5 Å². The second kappa shape index (κ2) is 9.38. The number of nitrogens with zero attached hydrogens (tertiary/aromatic N) is 6. The molecule has 3 atom stereocenters. The minimum absolute atomic E-state index is 0.0687. The molecule has 186 valence electrons. The quantitative estimate of drug-likeness (QED) is 0.542. The molecule has 0 saturated carbocycles. The molecule has 10 heteroatoms. The van der Waals surface area contributed by atoms with Crippen LogP contribution in [-0.4, -0.2) is 44.3 Å². The number of hydrogen-bond donors (Lipinski definition) is 0. The number of alkyl halides is 3. The van der Waals surface area contributed by atoms with E-state index in [1.54, 1.807) is 36.0 Å². The van der Waals surface area contributed by atoms with E-state index >= 15 is 0 Å². The third-order valence-corrected chi connectivity index (χ3v) is 7.02. The molecule has 1 saturated heterocycles. The number of nitriles is 1. The topological polar surface area (TPSA) is 69.6 Å². The van der Waals surface area contributed by atoms with Crippen molar-refractivity contribution in [1.82, 2.24) is 19.1 Å². The molecule has 35 heavy (non-hydrogen) atoms. The first-order valence-electron chi connectivity index (χ1n) is 11.7. The van der Waals surface area contributed by atoms with Gasteiger partial charge in [0.25, 0.3) is 5.56 Å². The summed E-state index contributed by atoms with van der Waals surface area (Å²) in [5.41, 5.74) is 1.98. The highest BCUT2D eigenvalue weighted by Crippen LogP contribution is 2.34. The summed E-state index contributed by atoms with van der Waals surface area (Å²) < 4.78 is 42.1. The average Bonchev–Trinajstić information content (AvgIpc) is 3.25. The van der Waals surface area contributed by atoms with E-state index in [1.165, 1.54) is 4.68 Å². The molecule has 0 N–H and O–H groups in total. The van der Waals surface area contributed by atoms with Crippen LogP contribution in [-0.2, 0) is 19.6 Å². The number of aromatic nitrogens is 3. The van der Waals surface area contributed by atoms with Gasteiger partial charge in [-0.1, -0.05) is 19.1 Å². The van der Waals surface area contributed by atoms with Crippen LogP contribution in [0, 0.1) is 11.3 Å². The molecule has 7 nitrogen and oxygen atoms in total. The van der Waals surface area contributed by atoms with E-state index in [1.807, 2.05) is 6.92 Å². The number of hydrogen-bond acceptors (Lipinski definition) is 5. The highest BCUT2D eigenvalue weighted by molar-refractivity contribution is 5.69. The Hall–Kier alpha value is -3.32. The lowest BCUT2D eigenvalue weighted by Crippen LogP contribution is -2.58. The van der Waals surface area contributed by atoms with Gasteiger partial charge in [0, 0.05) is 44.3 Å². The van der Waals surface area contributed by atoms with E-state index in [4.69, 9.17) is 5.26 Å². The molecular weight excluding hydrogens is 457 g/mol. The Kier molecular flexibility index (Phi) is 6.64. The van der Waals surface area contributed by atoms with Gasteiger partial charge in [-0.2, -0.15) is 18.4 Å². The lowest BCUT2D eigenvalue weighted by atomic mass is 9.98. The van der Waals surface area contributed by atoms with Crippen molar-refractivity contribution in [2.24, 2.45) is 7.05 Å². The smallest absolute Gasteiger partial charge is 0.363 e. The van der Waals surface area contributed by atoms with Crippen molar-refractivity contribution in [3.8, 4) is 6.07 Å². The minimum atomic E-state index is -4.36. The molecule has 3 heterocycles. The number of fused-ring (bicyclic) bond motifs is 1. The zero-order valence-electron chi connectivity index (χ0n) is 20.3. The van der Waals surface area contributed by atoms with Crippen molar-refractivity contribution in [3.63, 3.8) is 0 Å². The molecule has 4 rings (SSSR count). The van der Waals surface area contributed by atoms with Crippen molar-refractivity contribution >= 4 is 11.3 Å². The summed E-state index contributed by atoms with van der Waals surface area (Å²) >= 11 is 0. The molecule has 0 aliphatic carbocycles. The van der Waals surface area contributed by atoms with Gasteiger partial charge in [0.05, 0.1) is 35.6 Å². The third kappa shape index (κ3) is 4.65. The average molecular weight is 487 g/mol. The maximum absolute atomic E-state index is 13.0. The van der Waals surface area contributed by atoms with E-state index in [9.17, 15) is 18.0 Å². The van der Waals surface area contributed by atoms with Crippen LogP contribution in [0.25, 0.3) is 5.65 Å². The number of benzene rings is 1. The van der Waals surface area contributed by atoms with Crippen molar-refractivity contribution < 1.29 is 13.2 Å². The molecule has 1 aliphatic rings. The second-order valence-electron chi connectivity index (χ2n) is 9.18. The summed E-state index contributed by atoms with van der Waals surface area (Å²) in [4.78, 5) is 21.9. The zero-order valence-corrected chi connectivity index (χ0v) is 20.3. The summed E-state index contributed by atoms with van der Waals surface area (Å²) in [5.74, 6) is 0. The Balaban J connectivity index is 1.65. The van der Waals surface area contributed by atoms with Gasteiger partial charge in [0.1, 0.15) is 0 Å². The van der Waals surface area contributed by atoms with E-state index in [-0.39, 0.29) is 30.1 Å². The Morgan fingerprint density at radius 1 is 1.23 bits per heavy atom. The fraction of sp³-hybridized carbons (Fsp3) is 0.480. The fourth-order valence-electron chi connectivity index (χ4n) is 4.97. The normalized spacial score (nSPS) is 20.2. The van der Waals surface area contributed by atoms with Crippen LogP contribution in [0.15, 0.2) is 41.3 Å². The van der Waals surface area contributed by atoms with Gasteiger partial charge in [0.2, 0.25) is 0 Å². The summed E-state index contributed by atoms with van der Waals surface area (Å²) in [5, 5.41) is 9.09. The van der Waals surface area contributed by atoms with Gasteiger partial charge >= 0.3 is 6.18 Å². The molecule has 2 aromatic heterocycles. The molecule has 1 fully saturated rings. The van der Waals surface area contributed by atoms with Gasteiger partial charge < -0.3 is 4.90 Å². The maximum Gasteiger partial charge on any atom is 0.416 e. The second-order valence-corrected chi connectivity index (χ2v) is 9.18. The molecule has 0 amide bonds. The summed E-state index contributed by atoms with van der Waals surface area (Å²) in [6.07, 6.45) is -1.67. The standard InChI is InChI=1S/C25H29F3N6O/c1-5-21-15-32(17(3)18-6-8-19(9-7-18)25(26,27)28)16(2)13-33(21)22-12-23(35)31(4)34-14-20(10-11-29)30-24(22)34/h6-9,12,14,16-17,21H,5,10,13,15H2,1-4H3/t16-,17?,21+/m1/s1. The molecule has 1 aliphatic heterocycles. The monoisotopic (exact) mass is 486 g/mol. The first-order valence-corrected chi connectivity index (χ1v) is 11.7. The van der Waals surface area contributed by atoms with Gasteiger partial charge in [-0.15, -0.1) is 0 Å². The number of rotatable bonds is 5. The van der Waals surface area contributed by atoms with E-state index in [0.717, 1.165) is 29.8 Å². The van der Waals surface area contributed by atoms with Crippen LogP contribution >= 0.6 is 0 Å². The zero-order chi connectivity index (χ0) is 25.5. The first-order chi connectivity index (χ1) is 16.5. The van der Waals surface area contributed by atoms with Crippen molar-refractivity contribution in [2.75, 3.05) is 18.0 Å². The van der Waals surface area contributed by atoms with Gasteiger partial charge in [-0.3, -0.25) is 9.69 Å². The highest BCUT2D eigenvalue weighted by atomic mass is 19.4. The lowest BCUT2D eigenvalue weighted by Gasteiger charge is -2.48. The molecule has 1 unspecified atom stereocenters. The van der Waals surface area contributed by atoms with E-state index in [2.05, 4.69) is 34.7 Å². The molecule has 1 aromatic carbocycles. The Morgan fingerprint density at radius 3 is 2.51 bits per heavy atom. The van der Waals surface area contributed by atoms with Crippen molar-refractivity contribution in [2.45, 2.75) is 57.9 Å². The molecule has 0 radical (unpaired) electrons. The lowest BCUT2D eigenvalue weighted by molar-refractivity contribution is -0.137. The molecular formula is C25H29F3N6O. The van der Waals surface area contributed by atoms with E-state index < -0.39 is 11.7 Å². The SMILES string of the molecule is CC[C@H]1CN(C(C)c2ccc(C(F)(F)F)cc2)[C@H](C)CN1c1cc(=O)n(C)n2cc(CC#N)nc12. The minimum Gasteiger partial charge on any atom is -0.363 e. The van der Waals surface area contributed by atoms with E-state index in [0.29, 0.717) is 24.4 Å². The summed E-state index contributed by atoms with van der Waals surface area (Å²) in [6, 6.07) is 9.17. The Bertz CT molecular complexity index is 1300. The predicted octanol–water partition coefficient (Wildman–Crippen LogP) is 4.17. The number of piperazine rings is 1. The number of aryl methyl sites for hydroxylation is 1. The fourth-order valence-corrected chi connectivity index (χ4v) is 4.97. The highest BCUT2D eigenvalue weighted by Gasteiger charge is 2.36. The molecule has 3 aromatic rings. The number of imidazole rings is 1. The Labute approximate surface area is 202 Å². The predicted molar refractivity (Wildman–Crippen MR) is 127 cm³/mol.